The first-order valence-electron chi connectivity index (χ1n) is 11.8. The lowest BCUT2D eigenvalue weighted by molar-refractivity contribution is 0.392. The van der Waals surface area contributed by atoms with Crippen LogP contribution in [0, 0.1) is 0 Å². The van der Waals surface area contributed by atoms with Gasteiger partial charge < -0.3 is 10.6 Å². The average molecular weight is 368 g/mol. The van der Waals surface area contributed by atoms with Crippen molar-refractivity contribution in [1.29, 1.82) is 0 Å². The second-order valence-electron chi connectivity index (χ2n) is 7.82. The number of rotatable bonds is 19. The zero-order valence-corrected chi connectivity index (χ0v) is 18.4. The third kappa shape index (κ3) is 16.7. The van der Waals surface area contributed by atoms with Crippen molar-refractivity contribution in [2.45, 2.75) is 124 Å². The van der Waals surface area contributed by atoms with E-state index in [0.29, 0.717) is 0 Å². The van der Waals surface area contributed by atoms with Gasteiger partial charge in [-0.1, -0.05) is 104 Å². The summed E-state index contributed by atoms with van der Waals surface area (Å²) in [5.41, 5.74) is 6.21. The summed E-state index contributed by atoms with van der Waals surface area (Å²) >= 11 is 0. The second-order valence-corrected chi connectivity index (χ2v) is 7.82. The molecule has 26 heavy (non-hydrogen) atoms. The molecule has 0 atom stereocenters. The first kappa shape index (κ1) is 25.3. The Labute approximate surface area is 165 Å². The monoisotopic (exact) mass is 367 g/mol. The van der Waals surface area contributed by atoms with Gasteiger partial charge in [0.2, 0.25) is 0 Å². The quantitative estimate of drug-likeness (QED) is 0.153. The summed E-state index contributed by atoms with van der Waals surface area (Å²) in [4.78, 5) is 6.92. The van der Waals surface area contributed by atoms with Crippen LogP contribution in [0.15, 0.2) is 4.99 Å². The van der Waals surface area contributed by atoms with E-state index < -0.39 is 0 Å². The topological polar surface area (TPSA) is 41.6 Å². The third-order valence-electron chi connectivity index (χ3n) is 5.17. The van der Waals surface area contributed by atoms with Crippen LogP contribution in [0.2, 0.25) is 0 Å². The first-order chi connectivity index (χ1) is 12.8. The summed E-state index contributed by atoms with van der Waals surface area (Å²) in [6, 6.07) is 0. The zero-order chi connectivity index (χ0) is 19.3. The maximum Gasteiger partial charge on any atom is 0.191 e. The molecule has 0 aromatic rings. The Balaban J connectivity index is 3.58. The van der Waals surface area contributed by atoms with Gasteiger partial charge in [0.25, 0.3) is 0 Å². The van der Waals surface area contributed by atoms with Gasteiger partial charge in [0.05, 0.1) is 0 Å². The minimum absolute atomic E-state index is 0.773. The van der Waals surface area contributed by atoms with Gasteiger partial charge in [0, 0.05) is 19.6 Å². The van der Waals surface area contributed by atoms with E-state index in [1.54, 1.807) is 0 Å². The largest absolute Gasteiger partial charge is 0.370 e. The number of nitrogens with zero attached hydrogens (tertiary/aromatic N) is 2. The molecule has 0 spiro atoms. The maximum absolute atomic E-state index is 6.21. The Bertz CT molecular complexity index is 294. The maximum atomic E-state index is 6.21. The molecule has 0 aliphatic carbocycles. The molecule has 3 heteroatoms. The fraction of sp³-hybridized carbons (Fsp3) is 0.957. The minimum Gasteiger partial charge on any atom is -0.370 e. The third-order valence-corrected chi connectivity index (χ3v) is 5.17. The molecular formula is C23H49N3. The van der Waals surface area contributed by atoms with Crippen molar-refractivity contribution in [3.63, 3.8) is 0 Å². The lowest BCUT2D eigenvalue weighted by Crippen LogP contribution is -2.39. The number of aliphatic imine (C=N–C) groups is 1. The number of hydrogen-bond donors (Lipinski definition) is 1. The van der Waals surface area contributed by atoms with Crippen molar-refractivity contribution < 1.29 is 0 Å². The van der Waals surface area contributed by atoms with E-state index in [1.807, 2.05) is 0 Å². The second kappa shape index (κ2) is 20.6. The molecule has 0 aliphatic rings. The number of nitrogens with two attached hydrogens (primary N) is 1. The molecule has 0 heterocycles. The lowest BCUT2D eigenvalue weighted by Gasteiger charge is -2.23. The van der Waals surface area contributed by atoms with Crippen LogP contribution in [0.5, 0.6) is 0 Å². The first-order valence-corrected chi connectivity index (χ1v) is 11.8. The van der Waals surface area contributed by atoms with Crippen molar-refractivity contribution >= 4 is 5.96 Å². The van der Waals surface area contributed by atoms with Gasteiger partial charge in [-0.3, -0.25) is 4.99 Å². The molecule has 0 fully saturated rings. The van der Waals surface area contributed by atoms with Crippen LogP contribution >= 0.6 is 0 Å². The smallest absolute Gasteiger partial charge is 0.191 e. The van der Waals surface area contributed by atoms with Crippen LogP contribution in [0.4, 0.5) is 0 Å². The van der Waals surface area contributed by atoms with Gasteiger partial charge in [-0.25, -0.2) is 0 Å². The molecule has 0 radical (unpaired) electrons. The van der Waals surface area contributed by atoms with E-state index in [0.717, 1.165) is 25.6 Å². The molecule has 2 N–H and O–H groups in total. The van der Waals surface area contributed by atoms with Gasteiger partial charge in [-0.15, -0.1) is 0 Å². The van der Waals surface area contributed by atoms with Gasteiger partial charge in [0.15, 0.2) is 5.96 Å². The minimum atomic E-state index is 0.773. The number of guanidine groups is 1. The van der Waals surface area contributed by atoms with Crippen LogP contribution in [-0.2, 0) is 0 Å². The van der Waals surface area contributed by atoms with Crippen LogP contribution in [0.25, 0.3) is 0 Å². The van der Waals surface area contributed by atoms with E-state index in [4.69, 9.17) is 5.73 Å². The molecule has 0 saturated heterocycles. The molecule has 0 bridgehead atoms. The van der Waals surface area contributed by atoms with Crippen LogP contribution in [0.1, 0.15) is 124 Å². The summed E-state index contributed by atoms with van der Waals surface area (Å²) in [5, 5.41) is 0. The highest BCUT2D eigenvalue weighted by atomic mass is 15.2. The van der Waals surface area contributed by atoms with E-state index in [2.05, 4.69) is 30.7 Å². The normalized spacial score (nSPS) is 11.9. The summed E-state index contributed by atoms with van der Waals surface area (Å²) in [7, 11) is 0. The Hall–Kier alpha value is -0.730. The average Bonchev–Trinajstić information content (AvgIpc) is 2.65. The standard InChI is InChI=1S/C23H49N3/c1-4-7-10-11-12-13-14-15-16-17-18-19-20-25-23(24)26(21-8-5-2)22-9-6-3/h4-22H2,1-3H3,(H2,24,25). The van der Waals surface area contributed by atoms with Gasteiger partial charge in [-0.2, -0.15) is 0 Å². The summed E-state index contributed by atoms with van der Waals surface area (Å²) in [6.45, 7) is 9.77. The van der Waals surface area contributed by atoms with Gasteiger partial charge >= 0.3 is 0 Å². The molecule has 3 nitrogen and oxygen atoms in total. The molecule has 0 aliphatic heterocycles. The fourth-order valence-electron chi connectivity index (χ4n) is 3.29. The Morgan fingerprint density at radius 2 is 0.962 bits per heavy atom. The predicted molar refractivity (Wildman–Crippen MR) is 119 cm³/mol. The highest BCUT2D eigenvalue weighted by molar-refractivity contribution is 5.78. The van der Waals surface area contributed by atoms with Crippen LogP contribution < -0.4 is 5.73 Å². The van der Waals surface area contributed by atoms with Crippen LogP contribution in [0.3, 0.4) is 0 Å². The van der Waals surface area contributed by atoms with Crippen LogP contribution in [-0.4, -0.2) is 30.5 Å². The summed E-state index contributed by atoms with van der Waals surface area (Å²) in [5.74, 6) is 0.773. The van der Waals surface area contributed by atoms with Crippen molar-refractivity contribution in [1.82, 2.24) is 4.90 Å². The Kier molecular flexibility index (Phi) is 20.0. The number of unbranched alkanes of at least 4 members (excludes halogenated alkanes) is 13. The lowest BCUT2D eigenvalue weighted by atomic mass is 10.1. The Morgan fingerprint density at radius 3 is 1.38 bits per heavy atom. The summed E-state index contributed by atoms with van der Waals surface area (Å²) in [6.07, 6.45) is 21.5. The molecule has 0 aromatic heterocycles. The predicted octanol–water partition coefficient (Wildman–Crippen LogP) is 6.90. The van der Waals surface area contributed by atoms with E-state index in [-0.39, 0.29) is 0 Å². The van der Waals surface area contributed by atoms with Gasteiger partial charge in [-0.05, 0) is 19.3 Å². The van der Waals surface area contributed by atoms with E-state index >= 15 is 0 Å². The molecule has 0 saturated carbocycles. The van der Waals surface area contributed by atoms with Crippen molar-refractivity contribution in [2.24, 2.45) is 10.7 Å². The van der Waals surface area contributed by atoms with Crippen molar-refractivity contribution in [2.75, 3.05) is 19.6 Å². The fourth-order valence-corrected chi connectivity index (χ4v) is 3.29. The highest BCUT2D eigenvalue weighted by Crippen LogP contribution is 2.12. The molecule has 156 valence electrons. The Morgan fingerprint density at radius 1 is 0.577 bits per heavy atom. The highest BCUT2D eigenvalue weighted by Gasteiger charge is 2.06. The number of hydrogen-bond acceptors (Lipinski definition) is 1. The molecule has 0 rings (SSSR count). The summed E-state index contributed by atoms with van der Waals surface area (Å²) < 4.78 is 0. The van der Waals surface area contributed by atoms with Crippen molar-refractivity contribution in [3.8, 4) is 0 Å². The van der Waals surface area contributed by atoms with Gasteiger partial charge in [0.1, 0.15) is 0 Å². The molecule has 0 aromatic carbocycles. The SMILES string of the molecule is CCCCCCCCCCCCCC/N=C(\N)N(CCCC)CCCC. The molecular weight excluding hydrogens is 318 g/mol. The molecule has 0 amide bonds. The van der Waals surface area contributed by atoms with E-state index in [9.17, 15) is 0 Å². The van der Waals surface area contributed by atoms with E-state index in [1.165, 1.54) is 103 Å². The molecule has 0 unspecified atom stereocenters. The zero-order valence-electron chi connectivity index (χ0n) is 18.4. The van der Waals surface area contributed by atoms with Crippen molar-refractivity contribution in [3.05, 3.63) is 0 Å².